The molecule has 3 nitrogen and oxygen atoms in total. The third-order valence-electron chi connectivity index (χ3n) is 2.57. The molecule has 0 aromatic heterocycles. The van der Waals surface area contributed by atoms with Crippen LogP contribution in [0.25, 0.3) is 0 Å². The van der Waals surface area contributed by atoms with Crippen molar-refractivity contribution in [1.82, 2.24) is 5.32 Å². The minimum atomic E-state index is -0.497. The van der Waals surface area contributed by atoms with Crippen LogP contribution in [0.15, 0.2) is 24.3 Å². The first kappa shape index (κ1) is 14.0. The van der Waals surface area contributed by atoms with Crippen molar-refractivity contribution in [2.24, 2.45) is 0 Å². The van der Waals surface area contributed by atoms with Gasteiger partial charge >= 0.3 is 0 Å². The highest BCUT2D eigenvalue weighted by Crippen LogP contribution is 2.22. The number of hydrogen-bond acceptors (Lipinski definition) is 3. The predicted octanol–water partition coefficient (Wildman–Crippen LogP) is 2.51. The maximum absolute atomic E-state index is 10.0. The number of benzene rings is 1. The van der Waals surface area contributed by atoms with E-state index in [1.807, 2.05) is 59.0 Å². The van der Waals surface area contributed by atoms with Crippen molar-refractivity contribution in [3.8, 4) is 5.75 Å². The van der Waals surface area contributed by atoms with Crippen molar-refractivity contribution in [3.63, 3.8) is 0 Å². The van der Waals surface area contributed by atoms with Gasteiger partial charge < -0.3 is 15.2 Å². The van der Waals surface area contributed by atoms with Crippen LogP contribution in [0.5, 0.6) is 5.75 Å². The fraction of sp³-hybridized carbons (Fsp3) is 0.571. The molecule has 0 fully saturated rings. The monoisotopic (exact) mass is 237 g/mol. The normalized spacial score (nSPS) is 15.4. The van der Waals surface area contributed by atoms with Crippen molar-refractivity contribution < 1.29 is 9.84 Å². The molecule has 0 heterocycles. The SMILES string of the molecule is CN[C@@H](C)[C@H](O)c1ccc(OC(C)(C)C)cc1. The quantitative estimate of drug-likeness (QED) is 0.845. The first-order chi connectivity index (χ1) is 7.83. The number of hydrogen-bond donors (Lipinski definition) is 2. The zero-order chi connectivity index (χ0) is 13.1. The number of aliphatic hydroxyl groups excluding tert-OH is 1. The molecule has 0 aliphatic heterocycles. The Balaban J connectivity index is 2.74. The Bertz CT molecular complexity index is 340. The lowest BCUT2D eigenvalue weighted by molar-refractivity contribution is 0.129. The van der Waals surface area contributed by atoms with Gasteiger partial charge in [-0.3, -0.25) is 0 Å². The summed E-state index contributed by atoms with van der Waals surface area (Å²) in [5, 5.41) is 13.0. The van der Waals surface area contributed by atoms with Crippen LogP contribution in [0.4, 0.5) is 0 Å². The third-order valence-corrected chi connectivity index (χ3v) is 2.57. The third kappa shape index (κ3) is 4.36. The molecule has 0 spiro atoms. The Hall–Kier alpha value is -1.06. The van der Waals surface area contributed by atoms with Crippen LogP contribution in [0.2, 0.25) is 0 Å². The summed E-state index contributed by atoms with van der Waals surface area (Å²) in [7, 11) is 1.84. The second kappa shape index (κ2) is 5.52. The number of nitrogens with one attached hydrogen (secondary N) is 1. The summed E-state index contributed by atoms with van der Waals surface area (Å²) in [4.78, 5) is 0. The van der Waals surface area contributed by atoms with Gasteiger partial charge in [0, 0.05) is 6.04 Å². The van der Waals surface area contributed by atoms with Crippen molar-refractivity contribution in [2.45, 2.75) is 45.4 Å². The number of ether oxygens (including phenoxy) is 1. The van der Waals surface area contributed by atoms with E-state index < -0.39 is 6.10 Å². The average Bonchev–Trinajstić information content (AvgIpc) is 2.26. The number of rotatable bonds is 4. The second-order valence-electron chi connectivity index (χ2n) is 5.31. The topological polar surface area (TPSA) is 41.5 Å². The lowest BCUT2D eigenvalue weighted by Crippen LogP contribution is -2.28. The van der Waals surface area contributed by atoms with Gasteiger partial charge in [0.1, 0.15) is 11.4 Å². The van der Waals surface area contributed by atoms with Crippen molar-refractivity contribution >= 4 is 0 Å². The molecule has 2 N–H and O–H groups in total. The first-order valence-corrected chi connectivity index (χ1v) is 5.98. The number of likely N-dealkylation sites (N-methyl/N-ethyl adjacent to an activating group) is 1. The molecule has 1 aromatic rings. The molecule has 0 aliphatic carbocycles. The van der Waals surface area contributed by atoms with Crippen LogP contribution < -0.4 is 10.1 Å². The molecule has 1 aromatic carbocycles. The largest absolute Gasteiger partial charge is 0.488 e. The van der Waals surface area contributed by atoms with E-state index in [2.05, 4.69) is 5.32 Å². The van der Waals surface area contributed by atoms with Crippen LogP contribution in [0, 0.1) is 0 Å². The molecule has 0 amide bonds. The lowest BCUT2D eigenvalue weighted by atomic mass is 10.0. The van der Waals surface area contributed by atoms with Crippen LogP contribution >= 0.6 is 0 Å². The first-order valence-electron chi connectivity index (χ1n) is 5.98. The van der Waals surface area contributed by atoms with E-state index in [0.29, 0.717) is 0 Å². The Morgan fingerprint density at radius 1 is 1.18 bits per heavy atom. The van der Waals surface area contributed by atoms with Gasteiger partial charge in [-0.2, -0.15) is 0 Å². The summed E-state index contributed by atoms with van der Waals surface area (Å²) >= 11 is 0. The zero-order valence-electron chi connectivity index (χ0n) is 11.3. The molecule has 17 heavy (non-hydrogen) atoms. The molecule has 0 aliphatic rings. The van der Waals surface area contributed by atoms with Gasteiger partial charge in [-0.05, 0) is 52.4 Å². The van der Waals surface area contributed by atoms with E-state index in [1.165, 1.54) is 0 Å². The van der Waals surface area contributed by atoms with Gasteiger partial charge in [-0.25, -0.2) is 0 Å². The Labute approximate surface area is 104 Å². The minimum Gasteiger partial charge on any atom is -0.488 e. The molecule has 0 saturated carbocycles. The maximum atomic E-state index is 10.0. The van der Waals surface area contributed by atoms with E-state index in [-0.39, 0.29) is 11.6 Å². The molecule has 0 saturated heterocycles. The van der Waals surface area contributed by atoms with Gasteiger partial charge in [0.2, 0.25) is 0 Å². The Morgan fingerprint density at radius 3 is 2.12 bits per heavy atom. The van der Waals surface area contributed by atoms with Gasteiger partial charge in [0.05, 0.1) is 6.10 Å². The molecule has 0 bridgehead atoms. The summed E-state index contributed by atoms with van der Waals surface area (Å²) in [6.45, 7) is 7.99. The summed E-state index contributed by atoms with van der Waals surface area (Å²) in [6.07, 6.45) is -0.497. The summed E-state index contributed by atoms with van der Waals surface area (Å²) in [6, 6.07) is 7.63. The highest BCUT2D eigenvalue weighted by Gasteiger charge is 2.15. The van der Waals surface area contributed by atoms with Gasteiger partial charge in [0.25, 0.3) is 0 Å². The molecule has 2 atom stereocenters. The lowest BCUT2D eigenvalue weighted by Gasteiger charge is -2.22. The van der Waals surface area contributed by atoms with Gasteiger partial charge in [-0.15, -0.1) is 0 Å². The van der Waals surface area contributed by atoms with Crippen molar-refractivity contribution in [2.75, 3.05) is 7.05 Å². The van der Waals surface area contributed by atoms with E-state index in [4.69, 9.17) is 4.74 Å². The van der Waals surface area contributed by atoms with Crippen molar-refractivity contribution in [1.29, 1.82) is 0 Å². The second-order valence-corrected chi connectivity index (χ2v) is 5.31. The molecule has 0 radical (unpaired) electrons. The average molecular weight is 237 g/mol. The fourth-order valence-corrected chi connectivity index (χ4v) is 1.53. The van der Waals surface area contributed by atoms with Crippen LogP contribution in [0.3, 0.4) is 0 Å². The van der Waals surface area contributed by atoms with E-state index in [9.17, 15) is 5.11 Å². The van der Waals surface area contributed by atoms with E-state index in [0.717, 1.165) is 11.3 Å². The predicted molar refractivity (Wildman–Crippen MR) is 70.3 cm³/mol. The van der Waals surface area contributed by atoms with E-state index >= 15 is 0 Å². The highest BCUT2D eigenvalue weighted by molar-refractivity contribution is 5.29. The Morgan fingerprint density at radius 2 is 1.71 bits per heavy atom. The standard InChI is InChI=1S/C14H23NO2/c1-10(15-5)13(16)11-6-8-12(9-7-11)17-14(2,3)4/h6-10,13,15-16H,1-5H3/t10-,13-/m0/s1. The molecular formula is C14H23NO2. The highest BCUT2D eigenvalue weighted by atomic mass is 16.5. The minimum absolute atomic E-state index is 0.0318. The molecule has 1 rings (SSSR count). The summed E-state index contributed by atoms with van der Waals surface area (Å²) in [5.74, 6) is 0.825. The van der Waals surface area contributed by atoms with Crippen LogP contribution in [-0.2, 0) is 0 Å². The van der Waals surface area contributed by atoms with Crippen LogP contribution in [-0.4, -0.2) is 23.8 Å². The summed E-state index contributed by atoms with van der Waals surface area (Å²) in [5.41, 5.74) is 0.700. The van der Waals surface area contributed by atoms with Gasteiger partial charge in [-0.1, -0.05) is 12.1 Å². The maximum Gasteiger partial charge on any atom is 0.120 e. The molecule has 0 unspecified atom stereocenters. The Kier molecular flexibility index (Phi) is 4.54. The zero-order valence-corrected chi connectivity index (χ0v) is 11.3. The molecule has 96 valence electrons. The molecule has 3 heteroatoms. The number of aliphatic hydroxyl groups is 1. The van der Waals surface area contributed by atoms with Crippen molar-refractivity contribution in [3.05, 3.63) is 29.8 Å². The molecular weight excluding hydrogens is 214 g/mol. The smallest absolute Gasteiger partial charge is 0.120 e. The van der Waals surface area contributed by atoms with E-state index in [1.54, 1.807) is 0 Å². The van der Waals surface area contributed by atoms with Crippen LogP contribution in [0.1, 0.15) is 39.4 Å². The van der Waals surface area contributed by atoms with Gasteiger partial charge in [0.15, 0.2) is 0 Å². The fourth-order valence-electron chi connectivity index (χ4n) is 1.53. The summed E-state index contributed by atoms with van der Waals surface area (Å²) < 4.78 is 5.73.